The number of carbonyl (C=O) groups is 1. The maximum atomic E-state index is 12.4. The highest BCUT2D eigenvalue weighted by atomic mass is 19.1. The third-order valence-electron chi connectivity index (χ3n) is 2.28. The van der Waals surface area contributed by atoms with Crippen molar-refractivity contribution in [1.82, 2.24) is 5.32 Å². The highest BCUT2D eigenvalue weighted by molar-refractivity contribution is 5.81. The van der Waals surface area contributed by atoms with E-state index in [1.165, 1.54) is 0 Å². The van der Waals surface area contributed by atoms with E-state index >= 15 is 0 Å². The molecule has 0 aromatic rings. The maximum absolute atomic E-state index is 12.4. The Labute approximate surface area is 71.5 Å². The molecule has 1 saturated carbocycles. The molecule has 0 heterocycles. The largest absolute Gasteiger partial charge is 0.355 e. The number of alkyl halides is 1. The summed E-state index contributed by atoms with van der Waals surface area (Å²) in [7, 11) is 0. The van der Waals surface area contributed by atoms with E-state index in [0.29, 0.717) is 19.4 Å². The highest BCUT2D eigenvalue weighted by Crippen LogP contribution is 2.31. The lowest BCUT2D eigenvalue weighted by atomic mass is 9.78. The van der Waals surface area contributed by atoms with Gasteiger partial charge in [-0.2, -0.15) is 0 Å². The molecule has 3 nitrogen and oxygen atoms in total. The summed E-state index contributed by atoms with van der Waals surface area (Å²) >= 11 is 0. The van der Waals surface area contributed by atoms with Crippen LogP contribution in [0.2, 0.25) is 0 Å². The van der Waals surface area contributed by atoms with Gasteiger partial charge >= 0.3 is 0 Å². The number of halogens is 1. The monoisotopic (exact) mass is 174 g/mol. The molecule has 0 bridgehead atoms. The fourth-order valence-electron chi connectivity index (χ4n) is 1.39. The Balaban J connectivity index is 2.27. The molecule has 3 N–H and O–H groups in total. The highest BCUT2D eigenvalue weighted by Gasteiger charge is 2.36. The molecular formula is C8H15FN2O. The normalized spacial score (nSPS) is 30.6. The lowest BCUT2D eigenvalue weighted by molar-refractivity contribution is -0.124. The number of amides is 1. The Bertz CT molecular complexity index is 168. The Morgan fingerprint density at radius 2 is 2.33 bits per heavy atom. The molecule has 1 aliphatic carbocycles. The van der Waals surface area contributed by atoms with E-state index in [9.17, 15) is 9.18 Å². The number of rotatable bonds is 3. The first-order chi connectivity index (χ1) is 5.65. The van der Waals surface area contributed by atoms with Crippen molar-refractivity contribution in [2.45, 2.75) is 32.0 Å². The lowest BCUT2D eigenvalue weighted by Crippen LogP contribution is -2.50. The van der Waals surface area contributed by atoms with Gasteiger partial charge in [0.25, 0.3) is 0 Å². The summed E-state index contributed by atoms with van der Waals surface area (Å²) in [5.74, 6) is -0.110. The first-order valence-electron chi connectivity index (χ1n) is 4.32. The summed E-state index contributed by atoms with van der Waals surface area (Å²) in [4.78, 5) is 11.1. The van der Waals surface area contributed by atoms with Gasteiger partial charge in [0.15, 0.2) is 0 Å². The summed E-state index contributed by atoms with van der Waals surface area (Å²) in [6.45, 7) is 2.42. The van der Waals surface area contributed by atoms with Crippen molar-refractivity contribution in [2.24, 2.45) is 11.7 Å². The molecule has 1 aliphatic rings. The fourth-order valence-corrected chi connectivity index (χ4v) is 1.39. The van der Waals surface area contributed by atoms with Crippen LogP contribution in [0.5, 0.6) is 0 Å². The van der Waals surface area contributed by atoms with Gasteiger partial charge in [0.2, 0.25) is 5.91 Å². The molecule has 0 aromatic carbocycles. The molecule has 1 amide bonds. The quantitative estimate of drug-likeness (QED) is 0.642. The minimum absolute atomic E-state index is 0.0477. The van der Waals surface area contributed by atoms with Crippen LogP contribution in [0.4, 0.5) is 4.39 Å². The van der Waals surface area contributed by atoms with E-state index in [1.54, 1.807) is 0 Å². The van der Waals surface area contributed by atoms with E-state index in [0.717, 1.165) is 0 Å². The molecular weight excluding hydrogens is 159 g/mol. The first-order valence-corrected chi connectivity index (χ1v) is 4.32. The second-order valence-electron chi connectivity index (χ2n) is 3.25. The van der Waals surface area contributed by atoms with Gasteiger partial charge in [0, 0.05) is 6.54 Å². The van der Waals surface area contributed by atoms with Gasteiger partial charge in [-0.15, -0.1) is 0 Å². The van der Waals surface area contributed by atoms with E-state index in [-0.39, 0.29) is 11.8 Å². The van der Waals surface area contributed by atoms with E-state index in [1.807, 2.05) is 6.92 Å². The van der Waals surface area contributed by atoms with Crippen LogP contribution < -0.4 is 11.1 Å². The maximum Gasteiger partial charge on any atom is 0.237 e. The van der Waals surface area contributed by atoms with Gasteiger partial charge in [-0.05, 0) is 25.7 Å². The Hall–Kier alpha value is -0.640. The van der Waals surface area contributed by atoms with Crippen molar-refractivity contribution >= 4 is 5.91 Å². The molecule has 0 aromatic heterocycles. The first kappa shape index (κ1) is 9.45. The minimum Gasteiger partial charge on any atom is -0.355 e. The van der Waals surface area contributed by atoms with Crippen molar-refractivity contribution < 1.29 is 9.18 Å². The van der Waals surface area contributed by atoms with Gasteiger partial charge in [-0.3, -0.25) is 4.79 Å². The van der Waals surface area contributed by atoms with Gasteiger partial charge in [-0.1, -0.05) is 0 Å². The standard InChI is InChI=1S/C8H15FN2O/c1-2-11-8(12)7(10)5-3-6(9)4-5/h5-7H,2-4,10H2,1H3,(H,11,12)/t5?,6?,7-/m1/s1. The van der Waals surface area contributed by atoms with Crippen LogP contribution in [0.25, 0.3) is 0 Å². The Morgan fingerprint density at radius 1 is 1.75 bits per heavy atom. The van der Waals surface area contributed by atoms with Gasteiger partial charge in [0.1, 0.15) is 6.17 Å². The van der Waals surface area contributed by atoms with Gasteiger partial charge < -0.3 is 11.1 Å². The molecule has 0 radical (unpaired) electrons. The Morgan fingerprint density at radius 3 is 2.75 bits per heavy atom. The number of hydrogen-bond acceptors (Lipinski definition) is 2. The molecule has 0 saturated heterocycles. The predicted molar refractivity (Wildman–Crippen MR) is 44.3 cm³/mol. The smallest absolute Gasteiger partial charge is 0.237 e. The summed E-state index contributed by atoms with van der Waals surface area (Å²) in [5, 5.41) is 2.62. The molecule has 1 fully saturated rings. The zero-order chi connectivity index (χ0) is 9.14. The average Bonchev–Trinajstić information content (AvgIpc) is 1.98. The van der Waals surface area contributed by atoms with E-state index in [4.69, 9.17) is 5.73 Å². The molecule has 12 heavy (non-hydrogen) atoms. The topological polar surface area (TPSA) is 55.1 Å². The van der Waals surface area contributed by atoms with Crippen LogP contribution >= 0.6 is 0 Å². The molecule has 4 heteroatoms. The number of nitrogens with one attached hydrogen (secondary N) is 1. The van der Waals surface area contributed by atoms with Crippen LogP contribution in [0.15, 0.2) is 0 Å². The van der Waals surface area contributed by atoms with Crippen LogP contribution in [0, 0.1) is 5.92 Å². The summed E-state index contributed by atoms with van der Waals surface area (Å²) in [5.41, 5.74) is 5.59. The van der Waals surface area contributed by atoms with Gasteiger partial charge in [0.05, 0.1) is 6.04 Å². The molecule has 70 valence electrons. The number of nitrogens with two attached hydrogens (primary N) is 1. The van der Waals surface area contributed by atoms with Crippen LogP contribution in [-0.2, 0) is 4.79 Å². The van der Waals surface area contributed by atoms with Crippen molar-refractivity contribution in [3.05, 3.63) is 0 Å². The van der Waals surface area contributed by atoms with E-state index in [2.05, 4.69) is 5.32 Å². The SMILES string of the molecule is CCNC(=O)[C@H](N)C1CC(F)C1. The zero-order valence-corrected chi connectivity index (χ0v) is 7.22. The predicted octanol–water partition coefficient (Wildman–Crippen LogP) is 0.198. The third-order valence-corrected chi connectivity index (χ3v) is 2.28. The lowest BCUT2D eigenvalue weighted by Gasteiger charge is -2.33. The van der Waals surface area contributed by atoms with Gasteiger partial charge in [-0.25, -0.2) is 4.39 Å². The molecule has 0 aliphatic heterocycles. The average molecular weight is 174 g/mol. The zero-order valence-electron chi connectivity index (χ0n) is 7.22. The van der Waals surface area contributed by atoms with Crippen molar-refractivity contribution in [3.8, 4) is 0 Å². The molecule has 1 rings (SSSR count). The van der Waals surface area contributed by atoms with Crippen molar-refractivity contribution in [3.63, 3.8) is 0 Å². The third kappa shape index (κ3) is 1.94. The summed E-state index contributed by atoms with van der Waals surface area (Å²) < 4.78 is 12.4. The summed E-state index contributed by atoms with van der Waals surface area (Å²) in [6.07, 6.45) is 0.145. The second-order valence-corrected chi connectivity index (χ2v) is 3.25. The Kier molecular flexibility index (Phi) is 3.03. The number of hydrogen-bond donors (Lipinski definition) is 2. The van der Waals surface area contributed by atoms with E-state index < -0.39 is 12.2 Å². The van der Waals surface area contributed by atoms with Crippen LogP contribution in [0.1, 0.15) is 19.8 Å². The summed E-state index contributed by atoms with van der Waals surface area (Å²) in [6, 6.07) is -0.517. The molecule has 0 spiro atoms. The van der Waals surface area contributed by atoms with Crippen LogP contribution in [0.3, 0.4) is 0 Å². The second kappa shape index (κ2) is 3.85. The van der Waals surface area contributed by atoms with Crippen LogP contribution in [-0.4, -0.2) is 24.7 Å². The number of carbonyl (C=O) groups excluding carboxylic acids is 1. The number of likely N-dealkylation sites (N-methyl/N-ethyl adjacent to an activating group) is 1. The molecule has 1 atom stereocenters. The minimum atomic E-state index is -0.740. The molecule has 0 unspecified atom stereocenters. The van der Waals surface area contributed by atoms with Crippen molar-refractivity contribution in [2.75, 3.05) is 6.54 Å². The van der Waals surface area contributed by atoms with Crippen molar-refractivity contribution in [1.29, 1.82) is 0 Å². The fraction of sp³-hybridized carbons (Fsp3) is 0.875.